The van der Waals surface area contributed by atoms with Gasteiger partial charge >= 0.3 is 0 Å². The minimum Gasteiger partial charge on any atom is -0.308 e. The van der Waals surface area contributed by atoms with Gasteiger partial charge in [-0.15, -0.1) is 0 Å². The summed E-state index contributed by atoms with van der Waals surface area (Å²) in [7, 11) is 0. The second-order valence-corrected chi connectivity index (χ2v) is 11.5. The molecule has 0 N–H and O–H groups in total. The molecule has 2 heteroatoms. The van der Waals surface area contributed by atoms with E-state index in [0.29, 0.717) is 0 Å². The van der Waals surface area contributed by atoms with Gasteiger partial charge in [-0.1, -0.05) is 92.7 Å². The molecular weight excluding hydrogens is 508 g/mol. The summed E-state index contributed by atoms with van der Waals surface area (Å²) < 4.78 is 4.85. The summed E-state index contributed by atoms with van der Waals surface area (Å²) in [4.78, 5) is 0. The maximum Gasteiger partial charge on any atom is 0.0620 e. The second kappa shape index (κ2) is 8.71. The first kappa shape index (κ1) is 23.6. The predicted octanol–water partition coefficient (Wildman–Crippen LogP) is 10.8. The minimum atomic E-state index is 1.07. The number of benzene rings is 6. The first-order chi connectivity index (χ1) is 20.8. The summed E-state index contributed by atoms with van der Waals surface area (Å²) in [6.45, 7) is 4.45. The van der Waals surface area contributed by atoms with Crippen molar-refractivity contribution in [1.82, 2.24) is 8.80 Å². The van der Waals surface area contributed by atoms with Crippen LogP contribution in [0.5, 0.6) is 0 Å². The Morgan fingerprint density at radius 1 is 0.357 bits per heavy atom. The van der Waals surface area contributed by atoms with Crippen LogP contribution < -0.4 is 0 Å². The topological polar surface area (TPSA) is 8.82 Å². The highest BCUT2D eigenvalue weighted by atomic mass is 14.9. The fourth-order valence-electron chi connectivity index (χ4n) is 7.41. The summed E-state index contributed by atoms with van der Waals surface area (Å²) in [5, 5.41) is 10.9. The zero-order chi connectivity index (χ0) is 27.9. The van der Waals surface area contributed by atoms with Crippen molar-refractivity contribution in [2.75, 3.05) is 0 Å². The lowest BCUT2D eigenvalue weighted by Crippen LogP contribution is -1.82. The van der Waals surface area contributed by atoms with Crippen molar-refractivity contribution in [3.8, 4) is 0 Å². The van der Waals surface area contributed by atoms with Gasteiger partial charge in [-0.2, -0.15) is 0 Å². The second-order valence-electron chi connectivity index (χ2n) is 11.5. The Kier molecular flexibility index (Phi) is 4.90. The Bertz CT molecular complexity index is 2510. The molecule has 4 heterocycles. The van der Waals surface area contributed by atoms with Crippen LogP contribution in [0, 0.1) is 0 Å². The molecule has 200 valence electrons. The van der Waals surface area contributed by atoms with E-state index in [-0.39, 0.29) is 0 Å². The van der Waals surface area contributed by atoms with Crippen molar-refractivity contribution in [2.24, 2.45) is 0 Å². The number of aromatic nitrogens is 2. The highest BCUT2D eigenvalue weighted by Gasteiger charge is 2.18. The summed E-state index contributed by atoms with van der Waals surface area (Å²) in [5.41, 5.74) is 10.8. The number of rotatable bonds is 2. The molecule has 0 fully saturated rings. The van der Waals surface area contributed by atoms with Crippen molar-refractivity contribution < 1.29 is 0 Å². The van der Waals surface area contributed by atoms with Crippen molar-refractivity contribution in [2.45, 2.75) is 26.7 Å². The third-order valence-corrected chi connectivity index (χ3v) is 9.37. The van der Waals surface area contributed by atoms with Crippen molar-refractivity contribution >= 4 is 76.2 Å². The summed E-state index contributed by atoms with van der Waals surface area (Å²) >= 11 is 0. The predicted molar refractivity (Wildman–Crippen MR) is 181 cm³/mol. The van der Waals surface area contributed by atoms with E-state index >= 15 is 0 Å². The van der Waals surface area contributed by atoms with Crippen LogP contribution in [0.1, 0.15) is 25.0 Å². The fourth-order valence-corrected chi connectivity index (χ4v) is 7.41. The average Bonchev–Trinajstić information content (AvgIpc) is 3.78. The molecule has 42 heavy (non-hydrogen) atoms. The van der Waals surface area contributed by atoms with E-state index in [4.69, 9.17) is 0 Å². The average molecular weight is 539 g/mol. The molecule has 0 unspecified atom stereocenters. The highest BCUT2D eigenvalue weighted by Crippen LogP contribution is 2.40. The van der Waals surface area contributed by atoms with Gasteiger partial charge in [0.2, 0.25) is 0 Å². The molecule has 10 aromatic rings. The van der Waals surface area contributed by atoms with E-state index in [9.17, 15) is 0 Å². The molecule has 10 rings (SSSR count). The molecule has 0 saturated heterocycles. The van der Waals surface area contributed by atoms with Crippen LogP contribution in [0.4, 0.5) is 0 Å². The van der Waals surface area contributed by atoms with Crippen LogP contribution in [0.25, 0.3) is 76.2 Å². The fraction of sp³-hybridized carbons (Fsp3) is 0.100. The maximum absolute atomic E-state index is 2.43. The van der Waals surface area contributed by atoms with Crippen LogP contribution in [0.15, 0.2) is 121 Å². The molecule has 0 aliphatic heterocycles. The normalized spacial score (nSPS) is 12.2. The van der Waals surface area contributed by atoms with E-state index in [1.165, 1.54) is 87.3 Å². The number of hydrogen-bond donors (Lipinski definition) is 0. The molecule has 0 atom stereocenters. The van der Waals surface area contributed by atoms with Gasteiger partial charge in [0, 0.05) is 43.1 Å². The molecule has 0 aliphatic carbocycles. The van der Waals surface area contributed by atoms with Gasteiger partial charge in [0.05, 0.1) is 33.1 Å². The number of fused-ring (bicyclic) bond motifs is 12. The lowest BCUT2D eigenvalue weighted by atomic mass is 10.0. The first-order valence-corrected chi connectivity index (χ1v) is 15.1. The van der Waals surface area contributed by atoms with Crippen LogP contribution >= 0.6 is 0 Å². The van der Waals surface area contributed by atoms with E-state index in [2.05, 4.69) is 144 Å². The minimum absolute atomic E-state index is 1.07. The van der Waals surface area contributed by atoms with Crippen LogP contribution in [-0.4, -0.2) is 8.80 Å². The van der Waals surface area contributed by atoms with Gasteiger partial charge in [-0.3, -0.25) is 0 Å². The zero-order valence-corrected chi connectivity index (χ0v) is 23.9. The van der Waals surface area contributed by atoms with E-state index in [1.807, 2.05) is 0 Å². The number of para-hydroxylation sites is 4. The summed E-state index contributed by atoms with van der Waals surface area (Å²) in [6.07, 6.45) is 2.16. The Morgan fingerprint density at radius 3 is 1.31 bits per heavy atom. The molecule has 0 aliphatic rings. The van der Waals surface area contributed by atoms with Crippen molar-refractivity contribution in [3.05, 3.63) is 132 Å². The smallest absolute Gasteiger partial charge is 0.0620 e. The van der Waals surface area contributed by atoms with Gasteiger partial charge in [-0.05, 0) is 66.4 Å². The van der Waals surface area contributed by atoms with Gasteiger partial charge in [0.1, 0.15) is 0 Å². The number of aryl methyl sites for hydroxylation is 2. The first-order valence-electron chi connectivity index (χ1n) is 15.1. The third-order valence-electron chi connectivity index (χ3n) is 9.37. The van der Waals surface area contributed by atoms with Gasteiger partial charge < -0.3 is 8.80 Å². The SMILES string of the molecule is CCc1cc2c3ccccc3n3c4ccccc4c(c1)c23.CCc1ccc2c(c1)c1cccc3c4ccccc4n2c31. The lowest BCUT2D eigenvalue weighted by molar-refractivity contribution is 1.15. The molecule has 0 spiro atoms. The maximum atomic E-state index is 2.43. The molecule has 4 aromatic heterocycles. The molecule has 0 radical (unpaired) electrons. The highest BCUT2D eigenvalue weighted by molar-refractivity contribution is 6.24. The molecule has 2 nitrogen and oxygen atoms in total. The lowest BCUT2D eigenvalue weighted by Gasteiger charge is -2.00. The summed E-state index contributed by atoms with van der Waals surface area (Å²) in [5.74, 6) is 0. The Balaban J connectivity index is 0.000000119. The quantitative estimate of drug-likeness (QED) is 0.207. The Morgan fingerprint density at radius 2 is 0.762 bits per heavy atom. The van der Waals surface area contributed by atoms with Crippen molar-refractivity contribution in [1.29, 1.82) is 0 Å². The van der Waals surface area contributed by atoms with Crippen molar-refractivity contribution in [3.63, 3.8) is 0 Å². The third kappa shape index (κ3) is 3.04. The monoisotopic (exact) mass is 538 g/mol. The zero-order valence-electron chi connectivity index (χ0n) is 23.9. The van der Waals surface area contributed by atoms with Crippen LogP contribution in [0.2, 0.25) is 0 Å². The molecule has 0 saturated carbocycles. The Hall–Kier alpha value is -5.08. The van der Waals surface area contributed by atoms with E-state index in [0.717, 1.165) is 12.8 Å². The Labute approximate surface area is 243 Å². The van der Waals surface area contributed by atoms with Gasteiger partial charge in [0.15, 0.2) is 0 Å². The van der Waals surface area contributed by atoms with E-state index in [1.54, 1.807) is 0 Å². The van der Waals surface area contributed by atoms with Gasteiger partial charge in [0.25, 0.3) is 0 Å². The molecule has 0 amide bonds. The standard InChI is InChI=1S/2C20H15N/c1-2-13-11-16-14-7-3-5-9-18(14)21-19-10-6-4-8-15(19)17(12-13)20(16)21;1-2-13-10-11-19-17(12-13)16-8-5-7-15-14-6-3-4-9-18(14)21(19)20(15)16/h2*3-12H,2H2,1H3. The largest absolute Gasteiger partial charge is 0.308 e. The molecule has 6 aromatic carbocycles. The van der Waals surface area contributed by atoms with Crippen LogP contribution in [0.3, 0.4) is 0 Å². The number of nitrogens with zero attached hydrogens (tertiary/aromatic N) is 2. The number of hydrogen-bond acceptors (Lipinski definition) is 0. The van der Waals surface area contributed by atoms with E-state index < -0.39 is 0 Å². The molecular formula is C40H30N2. The van der Waals surface area contributed by atoms with Gasteiger partial charge in [-0.25, -0.2) is 0 Å². The molecule has 0 bridgehead atoms. The van der Waals surface area contributed by atoms with Crippen LogP contribution in [-0.2, 0) is 12.8 Å². The summed E-state index contributed by atoms with van der Waals surface area (Å²) in [6, 6.07) is 44.5.